The molecule has 0 fully saturated rings. The van der Waals surface area contributed by atoms with Gasteiger partial charge in [-0.3, -0.25) is 10.2 Å². The Hall–Kier alpha value is -3.45. The number of aromatic nitrogens is 2. The summed E-state index contributed by atoms with van der Waals surface area (Å²) in [6.07, 6.45) is 1.55. The average Bonchev–Trinajstić information content (AvgIpc) is 2.52. The summed E-state index contributed by atoms with van der Waals surface area (Å²) in [6, 6.07) is 11.6. The first-order valence-electron chi connectivity index (χ1n) is 5.95. The van der Waals surface area contributed by atoms with Gasteiger partial charge >= 0.3 is 0 Å². The molecule has 1 aromatic heterocycles. The Morgan fingerprint density at radius 3 is 2.52 bits per heavy atom. The first-order valence-corrected chi connectivity index (χ1v) is 5.95. The van der Waals surface area contributed by atoms with Crippen LogP contribution in [0.1, 0.15) is 5.56 Å². The Labute approximate surface area is 120 Å². The lowest BCUT2D eigenvalue weighted by molar-refractivity contribution is 0.797. The van der Waals surface area contributed by atoms with Crippen molar-refractivity contribution in [1.82, 2.24) is 9.78 Å². The summed E-state index contributed by atoms with van der Waals surface area (Å²) in [4.78, 5) is 11.9. The molecule has 102 valence electrons. The largest absolute Gasteiger partial charge is 0.277 e. The van der Waals surface area contributed by atoms with Gasteiger partial charge in [0.2, 0.25) is 5.71 Å². The van der Waals surface area contributed by atoms with E-state index in [-0.39, 0.29) is 11.3 Å². The molecule has 0 saturated carbocycles. The summed E-state index contributed by atoms with van der Waals surface area (Å²) in [7, 11) is 0. The van der Waals surface area contributed by atoms with Gasteiger partial charge in [0.1, 0.15) is 12.1 Å². The smallest absolute Gasteiger partial charge is 0.274 e. The van der Waals surface area contributed by atoms with Crippen LogP contribution in [0.5, 0.6) is 0 Å². The minimum atomic E-state index is -0.268. The molecule has 2 rings (SSSR count). The van der Waals surface area contributed by atoms with Gasteiger partial charge in [-0.25, -0.2) is 0 Å². The van der Waals surface area contributed by atoms with E-state index in [1.54, 1.807) is 55.6 Å². The maximum Gasteiger partial charge on any atom is 0.274 e. The van der Waals surface area contributed by atoms with Gasteiger partial charge in [0, 0.05) is 11.8 Å². The van der Waals surface area contributed by atoms with E-state index in [1.165, 1.54) is 4.68 Å². The fourth-order valence-electron chi connectivity index (χ4n) is 1.56. The summed E-state index contributed by atoms with van der Waals surface area (Å²) in [5, 5.41) is 24.8. The molecule has 1 N–H and O–H groups in total. The maximum atomic E-state index is 11.9. The number of aryl methyl sites for hydroxylation is 1. The quantitative estimate of drug-likeness (QED) is 0.673. The second-order valence-electron chi connectivity index (χ2n) is 4.07. The van der Waals surface area contributed by atoms with E-state index in [0.717, 1.165) is 0 Å². The van der Waals surface area contributed by atoms with Crippen molar-refractivity contribution in [3.05, 3.63) is 52.4 Å². The molecule has 0 aliphatic rings. The molecule has 0 aliphatic heterocycles. The fourth-order valence-corrected chi connectivity index (χ4v) is 1.56. The molecule has 0 atom stereocenters. The Balaban J connectivity index is 2.26. The molecule has 0 amide bonds. The van der Waals surface area contributed by atoms with Crippen LogP contribution < -0.4 is 11.0 Å². The number of anilines is 1. The number of rotatable bonds is 3. The number of benzene rings is 1. The van der Waals surface area contributed by atoms with Gasteiger partial charge < -0.3 is 0 Å². The van der Waals surface area contributed by atoms with E-state index < -0.39 is 0 Å². The highest BCUT2D eigenvalue weighted by Gasteiger charge is 2.03. The summed E-state index contributed by atoms with van der Waals surface area (Å²) in [6.45, 7) is 1.72. The number of nitriles is 2. The van der Waals surface area contributed by atoms with Crippen LogP contribution in [0.3, 0.4) is 0 Å². The SMILES string of the molecule is Cc1ccnn(-c2ccc(NN=C(C#N)C#N)cc2)c1=O. The van der Waals surface area contributed by atoms with E-state index in [9.17, 15) is 4.79 Å². The Morgan fingerprint density at radius 1 is 1.24 bits per heavy atom. The molecule has 0 unspecified atom stereocenters. The van der Waals surface area contributed by atoms with Crippen LogP contribution in [-0.2, 0) is 0 Å². The second-order valence-corrected chi connectivity index (χ2v) is 4.07. The predicted molar refractivity (Wildman–Crippen MR) is 76.9 cm³/mol. The normalized spacial score (nSPS) is 9.29. The standard InChI is InChI=1S/C14H10N6O/c1-10-6-7-17-20(14(10)21)13-4-2-11(3-5-13)18-19-12(8-15)9-16/h2-7,18H,1H3. The van der Waals surface area contributed by atoms with Crippen molar-refractivity contribution in [2.45, 2.75) is 6.92 Å². The van der Waals surface area contributed by atoms with Gasteiger partial charge in [-0.15, -0.1) is 0 Å². The predicted octanol–water partition coefficient (Wildman–Crippen LogP) is 1.36. The van der Waals surface area contributed by atoms with Crippen molar-refractivity contribution in [1.29, 1.82) is 10.5 Å². The van der Waals surface area contributed by atoms with Crippen LogP contribution in [0.4, 0.5) is 5.69 Å². The van der Waals surface area contributed by atoms with Crippen LogP contribution in [0.15, 0.2) is 46.4 Å². The van der Waals surface area contributed by atoms with Gasteiger partial charge in [0.25, 0.3) is 5.56 Å². The van der Waals surface area contributed by atoms with E-state index in [0.29, 0.717) is 16.9 Å². The topological polar surface area (TPSA) is 107 Å². The highest BCUT2D eigenvalue weighted by molar-refractivity contribution is 6.10. The third kappa shape index (κ3) is 3.11. The van der Waals surface area contributed by atoms with E-state index in [2.05, 4.69) is 15.6 Å². The summed E-state index contributed by atoms with van der Waals surface area (Å²) < 4.78 is 1.29. The fraction of sp³-hybridized carbons (Fsp3) is 0.0714. The van der Waals surface area contributed by atoms with Crippen molar-refractivity contribution >= 4 is 11.4 Å². The molecule has 1 heterocycles. The van der Waals surface area contributed by atoms with E-state index >= 15 is 0 Å². The number of hydrogen-bond acceptors (Lipinski definition) is 6. The average molecular weight is 278 g/mol. The zero-order valence-corrected chi connectivity index (χ0v) is 11.1. The molecular weight excluding hydrogens is 268 g/mol. The molecule has 0 spiro atoms. The second kappa shape index (κ2) is 6.13. The van der Waals surface area contributed by atoms with Gasteiger partial charge in [-0.1, -0.05) is 0 Å². The highest BCUT2D eigenvalue weighted by Crippen LogP contribution is 2.11. The van der Waals surface area contributed by atoms with Crippen molar-refractivity contribution in [3.63, 3.8) is 0 Å². The summed E-state index contributed by atoms with van der Waals surface area (Å²) >= 11 is 0. The molecule has 7 heteroatoms. The Bertz CT molecular complexity index is 804. The zero-order valence-electron chi connectivity index (χ0n) is 11.1. The molecule has 0 saturated heterocycles. The van der Waals surface area contributed by atoms with Gasteiger partial charge in [0.05, 0.1) is 11.4 Å². The van der Waals surface area contributed by atoms with Crippen LogP contribution >= 0.6 is 0 Å². The molecule has 1 aromatic carbocycles. The summed E-state index contributed by atoms with van der Waals surface area (Å²) in [5.41, 5.74) is 3.93. The number of hydrogen-bond donors (Lipinski definition) is 1. The lowest BCUT2D eigenvalue weighted by Gasteiger charge is -2.06. The monoisotopic (exact) mass is 278 g/mol. The first kappa shape index (κ1) is 14.0. The molecule has 0 bridgehead atoms. The molecule has 0 aliphatic carbocycles. The molecule has 7 nitrogen and oxygen atoms in total. The lowest BCUT2D eigenvalue weighted by atomic mass is 10.2. The summed E-state index contributed by atoms with van der Waals surface area (Å²) in [5.74, 6) is 0. The van der Waals surface area contributed by atoms with Crippen molar-refractivity contribution in [2.24, 2.45) is 5.10 Å². The van der Waals surface area contributed by atoms with Crippen LogP contribution in [0.25, 0.3) is 5.69 Å². The number of nitrogens with one attached hydrogen (secondary N) is 1. The minimum Gasteiger partial charge on any atom is -0.277 e. The van der Waals surface area contributed by atoms with E-state index in [1.807, 2.05) is 0 Å². The molecular formula is C14H10N6O. The van der Waals surface area contributed by atoms with E-state index in [4.69, 9.17) is 10.5 Å². The Morgan fingerprint density at radius 2 is 1.90 bits per heavy atom. The van der Waals surface area contributed by atoms with Gasteiger partial charge in [-0.05, 0) is 37.3 Å². The van der Waals surface area contributed by atoms with Crippen molar-refractivity contribution in [3.8, 4) is 17.8 Å². The van der Waals surface area contributed by atoms with Crippen LogP contribution in [0, 0.1) is 29.6 Å². The maximum absolute atomic E-state index is 11.9. The van der Waals surface area contributed by atoms with Crippen LogP contribution in [0.2, 0.25) is 0 Å². The zero-order chi connectivity index (χ0) is 15.2. The lowest BCUT2D eigenvalue weighted by Crippen LogP contribution is -2.22. The minimum absolute atomic E-state index is 0.188. The van der Waals surface area contributed by atoms with Gasteiger partial charge in [-0.2, -0.15) is 25.4 Å². The van der Waals surface area contributed by atoms with Crippen molar-refractivity contribution < 1.29 is 0 Å². The first-order chi connectivity index (χ1) is 10.2. The van der Waals surface area contributed by atoms with Crippen LogP contribution in [-0.4, -0.2) is 15.5 Å². The number of hydrazone groups is 1. The highest BCUT2D eigenvalue weighted by atomic mass is 16.1. The third-order valence-electron chi connectivity index (χ3n) is 2.66. The molecule has 0 radical (unpaired) electrons. The van der Waals surface area contributed by atoms with Crippen molar-refractivity contribution in [2.75, 3.05) is 5.43 Å². The van der Waals surface area contributed by atoms with Gasteiger partial charge in [0.15, 0.2) is 0 Å². The molecule has 2 aromatic rings. The third-order valence-corrected chi connectivity index (χ3v) is 2.66. The molecule has 21 heavy (non-hydrogen) atoms. The Kier molecular flexibility index (Phi) is 4.08. The number of nitrogens with zero attached hydrogens (tertiary/aromatic N) is 5.